The summed E-state index contributed by atoms with van der Waals surface area (Å²) in [7, 11) is 0. The van der Waals surface area contributed by atoms with Crippen molar-refractivity contribution in [2.45, 2.75) is 19.4 Å². The highest BCUT2D eigenvalue weighted by Crippen LogP contribution is 2.27. The third-order valence-electron chi connectivity index (χ3n) is 5.33. The first kappa shape index (κ1) is 22.8. The second-order valence-electron chi connectivity index (χ2n) is 7.90. The molecule has 0 aliphatic rings. The predicted octanol–water partition coefficient (Wildman–Crippen LogP) is 4.47. The number of nitrogens with zero attached hydrogens (tertiary/aromatic N) is 4. The summed E-state index contributed by atoms with van der Waals surface area (Å²) in [5, 5.41) is 16.9. The monoisotopic (exact) mass is 494 g/mol. The van der Waals surface area contributed by atoms with E-state index < -0.39 is 17.8 Å². The molecule has 0 bridgehead atoms. The van der Waals surface area contributed by atoms with Crippen molar-refractivity contribution in [3.05, 3.63) is 71.3 Å². The molecule has 0 aliphatic carbocycles. The third kappa shape index (κ3) is 4.93. The van der Waals surface area contributed by atoms with Crippen LogP contribution >= 0.6 is 11.6 Å². The number of hydrogen-bond acceptors (Lipinski definition) is 6. The van der Waals surface area contributed by atoms with Crippen molar-refractivity contribution in [2.24, 2.45) is 0 Å². The zero-order chi connectivity index (χ0) is 24.5. The van der Waals surface area contributed by atoms with Crippen LogP contribution in [0.25, 0.3) is 27.8 Å². The van der Waals surface area contributed by atoms with Gasteiger partial charge in [-0.1, -0.05) is 24.6 Å². The molecule has 0 saturated heterocycles. The SMILES string of the molecule is CC[C@@H](O)COc1ccc2nc(C(=O)Nc3nc4cc(-c5cc(F)cc(Cl)c5)ccc4[nH]3)cn2n1. The molecular weight excluding hydrogens is 475 g/mol. The first-order chi connectivity index (χ1) is 16.9. The largest absolute Gasteiger partial charge is 0.474 e. The lowest BCUT2D eigenvalue weighted by Crippen LogP contribution is -2.16. The van der Waals surface area contributed by atoms with Crippen LogP contribution in [0, 0.1) is 5.82 Å². The number of nitrogens with one attached hydrogen (secondary N) is 2. The molecule has 0 fully saturated rings. The molecule has 0 aliphatic heterocycles. The summed E-state index contributed by atoms with van der Waals surface area (Å²) >= 11 is 5.97. The first-order valence-electron chi connectivity index (χ1n) is 10.8. The lowest BCUT2D eigenvalue weighted by Gasteiger charge is -2.08. The number of amides is 1. The van der Waals surface area contributed by atoms with E-state index in [0.717, 1.165) is 5.56 Å². The number of rotatable bonds is 7. The number of carbonyl (C=O) groups excluding carboxylic acids is 1. The van der Waals surface area contributed by atoms with Gasteiger partial charge in [0.15, 0.2) is 5.65 Å². The number of imidazole rings is 2. The van der Waals surface area contributed by atoms with Gasteiger partial charge in [0.1, 0.15) is 18.1 Å². The lowest BCUT2D eigenvalue weighted by molar-refractivity contribution is 0.101. The number of benzene rings is 2. The number of aliphatic hydroxyl groups excluding tert-OH is 1. The summed E-state index contributed by atoms with van der Waals surface area (Å²) in [6.45, 7) is 1.98. The molecule has 178 valence electrons. The molecule has 0 radical (unpaired) electrons. The zero-order valence-electron chi connectivity index (χ0n) is 18.5. The van der Waals surface area contributed by atoms with Gasteiger partial charge in [-0.2, -0.15) is 0 Å². The molecular formula is C24H20ClFN6O3. The average Bonchev–Trinajstić information content (AvgIpc) is 3.44. The number of fused-ring (bicyclic) bond motifs is 2. The second kappa shape index (κ2) is 9.32. The van der Waals surface area contributed by atoms with Crippen LogP contribution in [-0.2, 0) is 0 Å². The van der Waals surface area contributed by atoms with E-state index in [9.17, 15) is 14.3 Å². The van der Waals surface area contributed by atoms with Gasteiger partial charge in [-0.3, -0.25) is 10.1 Å². The Morgan fingerprint density at radius 2 is 2.06 bits per heavy atom. The minimum Gasteiger partial charge on any atom is -0.474 e. The summed E-state index contributed by atoms with van der Waals surface area (Å²) in [4.78, 5) is 24.5. The Balaban J connectivity index is 1.34. The zero-order valence-corrected chi connectivity index (χ0v) is 19.3. The Morgan fingerprint density at radius 3 is 2.86 bits per heavy atom. The molecule has 0 unspecified atom stereocenters. The van der Waals surface area contributed by atoms with Gasteiger partial charge in [-0.05, 0) is 53.9 Å². The Bertz CT molecular complexity index is 1530. The molecule has 5 rings (SSSR count). The molecule has 35 heavy (non-hydrogen) atoms. The second-order valence-corrected chi connectivity index (χ2v) is 8.34. The van der Waals surface area contributed by atoms with E-state index in [1.807, 2.05) is 13.0 Å². The van der Waals surface area contributed by atoms with E-state index in [-0.39, 0.29) is 18.2 Å². The van der Waals surface area contributed by atoms with Crippen molar-refractivity contribution in [3.8, 4) is 17.0 Å². The molecule has 3 N–H and O–H groups in total. The molecule has 0 spiro atoms. The maximum Gasteiger partial charge on any atom is 0.278 e. The van der Waals surface area contributed by atoms with E-state index in [4.69, 9.17) is 16.3 Å². The van der Waals surface area contributed by atoms with Crippen LogP contribution in [0.15, 0.2) is 54.7 Å². The Morgan fingerprint density at radius 1 is 1.20 bits per heavy atom. The Kier molecular flexibility index (Phi) is 6.06. The number of carbonyl (C=O) groups is 1. The number of aliphatic hydroxyl groups is 1. The Hall–Kier alpha value is -4.02. The van der Waals surface area contributed by atoms with Gasteiger partial charge < -0.3 is 14.8 Å². The Labute approximate surface area is 203 Å². The number of H-pyrrole nitrogens is 1. The van der Waals surface area contributed by atoms with Crippen molar-refractivity contribution < 1.29 is 19.0 Å². The van der Waals surface area contributed by atoms with Crippen LogP contribution in [0.5, 0.6) is 5.88 Å². The van der Waals surface area contributed by atoms with Gasteiger partial charge in [0, 0.05) is 11.1 Å². The van der Waals surface area contributed by atoms with Crippen molar-refractivity contribution in [2.75, 3.05) is 11.9 Å². The number of ether oxygens (including phenoxy) is 1. The maximum atomic E-state index is 13.7. The highest BCUT2D eigenvalue weighted by Gasteiger charge is 2.15. The molecule has 11 heteroatoms. The molecule has 3 heterocycles. The normalized spacial score (nSPS) is 12.2. The fourth-order valence-corrected chi connectivity index (χ4v) is 3.71. The number of anilines is 1. The molecule has 1 atom stereocenters. The smallest absolute Gasteiger partial charge is 0.278 e. The highest BCUT2D eigenvalue weighted by atomic mass is 35.5. The lowest BCUT2D eigenvalue weighted by atomic mass is 10.1. The van der Waals surface area contributed by atoms with Gasteiger partial charge in [0.2, 0.25) is 11.8 Å². The summed E-state index contributed by atoms with van der Waals surface area (Å²) in [6.07, 6.45) is 1.46. The van der Waals surface area contributed by atoms with E-state index in [2.05, 4.69) is 25.4 Å². The van der Waals surface area contributed by atoms with Crippen molar-refractivity contribution in [1.82, 2.24) is 24.6 Å². The molecule has 5 aromatic rings. The summed E-state index contributed by atoms with van der Waals surface area (Å²) in [5.74, 6) is -0.360. The maximum absolute atomic E-state index is 13.7. The van der Waals surface area contributed by atoms with Crippen molar-refractivity contribution in [1.29, 1.82) is 0 Å². The molecule has 3 aromatic heterocycles. The topological polar surface area (TPSA) is 117 Å². The number of hydrogen-bond donors (Lipinski definition) is 3. The number of halogens is 2. The molecule has 9 nitrogen and oxygen atoms in total. The minimum atomic E-state index is -0.580. The molecule has 1 amide bonds. The van der Waals surface area contributed by atoms with Crippen LogP contribution in [0.4, 0.5) is 10.3 Å². The van der Waals surface area contributed by atoms with E-state index in [1.54, 1.807) is 30.3 Å². The fourth-order valence-electron chi connectivity index (χ4n) is 3.49. The van der Waals surface area contributed by atoms with E-state index in [0.29, 0.717) is 39.6 Å². The van der Waals surface area contributed by atoms with Gasteiger partial charge in [0.25, 0.3) is 5.91 Å². The summed E-state index contributed by atoms with van der Waals surface area (Å²) < 4.78 is 20.6. The number of aromatic amines is 1. The third-order valence-corrected chi connectivity index (χ3v) is 5.55. The van der Waals surface area contributed by atoms with Gasteiger partial charge in [-0.15, -0.1) is 5.10 Å². The van der Waals surface area contributed by atoms with Crippen LogP contribution in [0.3, 0.4) is 0 Å². The fraction of sp³-hybridized carbons (Fsp3) is 0.167. The molecule has 2 aromatic carbocycles. The van der Waals surface area contributed by atoms with Crippen molar-refractivity contribution in [3.63, 3.8) is 0 Å². The van der Waals surface area contributed by atoms with Crippen LogP contribution in [-0.4, -0.2) is 48.3 Å². The summed E-state index contributed by atoms with van der Waals surface area (Å²) in [6, 6.07) is 13.0. The van der Waals surface area contributed by atoms with E-state index >= 15 is 0 Å². The standard InChI is InChI=1S/C24H20ClFN6O3/c1-2-17(33)12-35-22-6-5-21-27-20(11-32(21)31-22)23(34)30-24-28-18-4-3-13(9-19(18)29-24)14-7-15(25)10-16(26)8-14/h3-11,17,33H,2,12H2,1H3,(H2,28,29,30,34)/t17-/m1/s1. The number of aromatic nitrogens is 5. The van der Waals surface area contributed by atoms with E-state index in [1.165, 1.54) is 22.8 Å². The first-order valence-corrected chi connectivity index (χ1v) is 11.2. The molecule has 0 saturated carbocycles. The van der Waals surface area contributed by atoms with Gasteiger partial charge in [0.05, 0.1) is 23.3 Å². The average molecular weight is 495 g/mol. The minimum absolute atomic E-state index is 0.122. The highest BCUT2D eigenvalue weighted by molar-refractivity contribution is 6.30. The summed E-state index contributed by atoms with van der Waals surface area (Å²) in [5.41, 5.74) is 3.24. The van der Waals surface area contributed by atoms with Crippen LogP contribution in [0.2, 0.25) is 5.02 Å². The van der Waals surface area contributed by atoms with Crippen LogP contribution in [0.1, 0.15) is 23.8 Å². The van der Waals surface area contributed by atoms with Gasteiger partial charge in [-0.25, -0.2) is 18.9 Å². The van der Waals surface area contributed by atoms with Crippen LogP contribution < -0.4 is 10.1 Å². The predicted molar refractivity (Wildman–Crippen MR) is 129 cm³/mol. The quantitative estimate of drug-likeness (QED) is 0.307. The van der Waals surface area contributed by atoms with Crippen molar-refractivity contribution >= 4 is 40.1 Å². The van der Waals surface area contributed by atoms with Gasteiger partial charge >= 0.3 is 0 Å².